The maximum absolute atomic E-state index is 5.45. The lowest BCUT2D eigenvalue weighted by Crippen LogP contribution is -2.11. The molecule has 0 saturated heterocycles. The second-order valence-electron chi connectivity index (χ2n) is 4.35. The van der Waals surface area contributed by atoms with Crippen molar-refractivity contribution in [2.24, 2.45) is 12.9 Å². The van der Waals surface area contributed by atoms with E-state index in [0.29, 0.717) is 11.7 Å². The first kappa shape index (κ1) is 12.5. The van der Waals surface area contributed by atoms with Gasteiger partial charge in [-0.3, -0.25) is 4.68 Å². The molecule has 2 heterocycles. The standard InChI is InChI=1S/C12H18N6/c1-4-8(2)12-15-10(5-11(16-12)17-13)9-6-14-18(3)7-9/h5-8H,4,13H2,1-3H3,(H,15,16,17). The number of nitrogens with two attached hydrogens (primary N) is 1. The zero-order valence-corrected chi connectivity index (χ0v) is 10.9. The van der Waals surface area contributed by atoms with Crippen molar-refractivity contribution in [3.63, 3.8) is 0 Å². The summed E-state index contributed by atoms with van der Waals surface area (Å²) in [5.74, 6) is 7.17. The average molecular weight is 246 g/mol. The third-order valence-corrected chi connectivity index (χ3v) is 2.95. The van der Waals surface area contributed by atoms with Crippen LogP contribution in [-0.4, -0.2) is 19.7 Å². The van der Waals surface area contributed by atoms with E-state index in [1.807, 2.05) is 19.3 Å². The number of hydrogen-bond acceptors (Lipinski definition) is 5. The highest BCUT2D eigenvalue weighted by atomic mass is 15.3. The Morgan fingerprint density at radius 2 is 2.22 bits per heavy atom. The first-order valence-corrected chi connectivity index (χ1v) is 5.98. The molecule has 96 valence electrons. The Morgan fingerprint density at radius 1 is 1.44 bits per heavy atom. The van der Waals surface area contributed by atoms with Crippen molar-refractivity contribution in [3.05, 3.63) is 24.3 Å². The molecule has 0 spiro atoms. The Balaban J connectivity index is 2.47. The Labute approximate surface area is 106 Å². The molecular weight excluding hydrogens is 228 g/mol. The molecule has 18 heavy (non-hydrogen) atoms. The third-order valence-electron chi connectivity index (χ3n) is 2.95. The maximum Gasteiger partial charge on any atom is 0.144 e. The van der Waals surface area contributed by atoms with E-state index in [2.05, 4.69) is 34.3 Å². The monoisotopic (exact) mass is 246 g/mol. The van der Waals surface area contributed by atoms with E-state index in [4.69, 9.17) is 5.84 Å². The highest BCUT2D eigenvalue weighted by molar-refractivity contribution is 5.60. The van der Waals surface area contributed by atoms with Crippen molar-refractivity contribution in [2.45, 2.75) is 26.2 Å². The van der Waals surface area contributed by atoms with E-state index < -0.39 is 0 Å². The summed E-state index contributed by atoms with van der Waals surface area (Å²) in [6.07, 6.45) is 4.69. The van der Waals surface area contributed by atoms with Crippen LogP contribution in [0.2, 0.25) is 0 Å². The molecular formula is C12H18N6. The van der Waals surface area contributed by atoms with E-state index in [1.165, 1.54) is 0 Å². The molecule has 6 nitrogen and oxygen atoms in total. The molecule has 0 aromatic carbocycles. The molecule has 0 aliphatic carbocycles. The first-order chi connectivity index (χ1) is 8.63. The Hall–Kier alpha value is -1.95. The van der Waals surface area contributed by atoms with Crippen LogP contribution in [-0.2, 0) is 7.05 Å². The second kappa shape index (κ2) is 5.14. The van der Waals surface area contributed by atoms with Gasteiger partial charge in [-0.15, -0.1) is 0 Å². The molecule has 2 rings (SSSR count). The summed E-state index contributed by atoms with van der Waals surface area (Å²) in [6, 6.07) is 1.82. The first-order valence-electron chi connectivity index (χ1n) is 5.98. The fourth-order valence-electron chi connectivity index (χ4n) is 1.64. The minimum absolute atomic E-state index is 0.300. The molecule has 0 aliphatic rings. The molecule has 0 fully saturated rings. The van der Waals surface area contributed by atoms with Gasteiger partial charge < -0.3 is 5.43 Å². The number of aryl methyl sites for hydroxylation is 1. The van der Waals surface area contributed by atoms with Crippen molar-refractivity contribution in [1.82, 2.24) is 19.7 Å². The van der Waals surface area contributed by atoms with Gasteiger partial charge in [-0.1, -0.05) is 13.8 Å². The van der Waals surface area contributed by atoms with E-state index in [1.54, 1.807) is 10.9 Å². The Morgan fingerprint density at radius 3 is 2.78 bits per heavy atom. The largest absolute Gasteiger partial charge is 0.308 e. The predicted octanol–water partition coefficient (Wildman–Crippen LogP) is 1.68. The van der Waals surface area contributed by atoms with Gasteiger partial charge in [0, 0.05) is 30.8 Å². The fraction of sp³-hybridized carbons (Fsp3) is 0.417. The van der Waals surface area contributed by atoms with Gasteiger partial charge in [-0.2, -0.15) is 5.10 Å². The summed E-state index contributed by atoms with van der Waals surface area (Å²) in [7, 11) is 1.88. The van der Waals surface area contributed by atoms with Crippen molar-refractivity contribution >= 4 is 5.82 Å². The topological polar surface area (TPSA) is 81.6 Å². The van der Waals surface area contributed by atoms with Gasteiger partial charge in [0.1, 0.15) is 11.6 Å². The molecule has 0 radical (unpaired) electrons. The molecule has 1 unspecified atom stereocenters. The lowest BCUT2D eigenvalue weighted by atomic mass is 10.1. The Kier molecular flexibility index (Phi) is 3.57. The van der Waals surface area contributed by atoms with Crippen LogP contribution in [0.3, 0.4) is 0 Å². The van der Waals surface area contributed by atoms with Crippen molar-refractivity contribution in [1.29, 1.82) is 0 Å². The van der Waals surface area contributed by atoms with E-state index in [-0.39, 0.29) is 0 Å². The molecule has 0 bridgehead atoms. The van der Waals surface area contributed by atoms with E-state index in [0.717, 1.165) is 23.5 Å². The van der Waals surface area contributed by atoms with Gasteiger partial charge in [0.15, 0.2) is 0 Å². The van der Waals surface area contributed by atoms with Crippen LogP contribution in [0.5, 0.6) is 0 Å². The number of anilines is 1. The summed E-state index contributed by atoms with van der Waals surface area (Å²) < 4.78 is 1.75. The maximum atomic E-state index is 5.45. The van der Waals surface area contributed by atoms with Crippen LogP contribution in [0.1, 0.15) is 32.0 Å². The van der Waals surface area contributed by atoms with Gasteiger partial charge in [0.2, 0.25) is 0 Å². The second-order valence-corrected chi connectivity index (χ2v) is 4.35. The van der Waals surface area contributed by atoms with Crippen LogP contribution in [0.4, 0.5) is 5.82 Å². The van der Waals surface area contributed by atoms with Crippen LogP contribution in [0.25, 0.3) is 11.3 Å². The van der Waals surface area contributed by atoms with E-state index >= 15 is 0 Å². The van der Waals surface area contributed by atoms with Gasteiger partial charge in [-0.05, 0) is 6.42 Å². The molecule has 2 aromatic heterocycles. The van der Waals surface area contributed by atoms with Crippen LogP contribution in [0.15, 0.2) is 18.5 Å². The van der Waals surface area contributed by atoms with Crippen molar-refractivity contribution in [2.75, 3.05) is 5.43 Å². The van der Waals surface area contributed by atoms with Gasteiger partial charge in [-0.25, -0.2) is 15.8 Å². The highest BCUT2D eigenvalue weighted by Crippen LogP contribution is 2.23. The minimum atomic E-state index is 0.300. The zero-order chi connectivity index (χ0) is 13.1. The molecule has 1 atom stereocenters. The van der Waals surface area contributed by atoms with Gasteiger partial charge >= 0.3 is 0 Å². The lowest BCUT2D eigenvalue weighted by Gasteiger charge is -2.10. The number of rotatable bonds is 4. The third kappa shape index (κ3) is 2.48. The average Bonchev–Trinajstić information content (AvgIpc) is 2.84. The zero-order valence-electron chi connectivity index (χ0n) is 10.9. The number of nitrogens with zero attached hydrogens (tertiary/aromatic N) is 4. The summed E-state index contributed by atoms with van der Waals surface area (Å²) in [4.78, 5) is 8.96. The molecule has 2 aromatic rings. The molecule has 0 amide bonds. The lowest BCUT2D eigenvalue weighted by molar-refractivity contribution is 0.680. The Bertz CT molecular complexity index is 533. The highest BCUT2D eigenvalue weighted by Gasteiger charge is 2.11. The number of hydrazine groups is 1. The molecule has 0 aliphatic heterocycles. The number of hydrogen-bond donors (Lipinski definition) is 2. The van der Waals surface area contributed by atoms with Crippen LogP contribution < -0.4 is 11.3 Å². The number of nitrogen functional groups attached to an aromatic ring is 1. The SMILES string of the molecule is CCC(C)c1nc(NN)cc(-c2cnn(C)c2)n1. The summed E-state index contributed by atoms with van der Waals surface area (Å²) in [6.45, 7) is 4.21. The van der Waals surface area contributed by atoms with Crippen LogP contribution in [0, 0.1) is 0 Å². The predicted molar refractivity (Wildman–Crippen MR) is 70.8 cm³/mol. The molecule has 6 heteroatoms. The molecule has 0 saturated carbocycles. The summed E-state index contributed by atoms with van der Waals surface area (Å²) in [5.41, 5.74) is 4.38. The van der Waals surface area contributed by atoms with Gasteiger partial charge in [0.05, 0.1) is 11.9 Å². The van der Waals surface area contributed by atoms with E-state index in [9.17, 15) is 0 Å². The number of aromatic nitrogens is 4. The van der Waals surface area contributed by atoms with Crippen LogP contribution >= 0.6 is 0 Å². The normalized spacial score (nSPS) is 12.4. The summed E-state index contributed by atoms with van der Waals surface area (Å²) in [5, 5.41) is 4.15. The quantitative estimate of drug-likeness (QED) is 0.633. The summed E-state index contributed by atoms with van der Waals surface area (Å²) >= 11 is 0. The van der Waals surface area contributed by atoms with Crippen molar-refractivity contribution < 1.29 is 0 Å². The fourth-order valence-corrected chi connectivity index (χ4v) is 1.64. The van der Waals surface area contributed by atoms with Crippen molar-refractivity contribution in [3.8, 4) is 11.3 Å². The molecule has 3 N–H and O–H groups in total. The smallest absolute Gasteiger partial charge is 0.144 e. The number of nitrogens with one attached hydrogen (secondary N) is 1. The van der Waals surface area contributed by atoms with Gasteiger partial charge in [0.25, 0.3) is 0 Å². The minimum Gasteiger partial charge on any atom is -0.308 e.